The fourth-order valence-corrected chi connectivity index (χ4v) is 1.86. The summed E-state index contributed by atoms with van der Waals surface area (Å²) in [6.07, 6.45) is 0.997. The van der Waals surface area contributed by atoms with Gasteiger partial charge in [-0.25, -0.2) is 0 Å². The lowest BCUT2D eigenvalue weighted by Gasteiger charge is -2.23. The number of hydrogen-bond donors (Lipinski definition) is 1. The lowest BCUT2D eigenvalue weighted by molar-refractivity contribution is 0.112. The molecule has 0 aliphatic carbocycles. The maximum absolute atomic E-state index is 5.73. The van der Waals surface area contributed by atoms with Gasteiger partial charge in [-0.3, -0.25) is 0 Å². The van der Waals surface area contributed by atoms with Crippen LogP contribution in [0.3, 0.4) is 0 Å². The Hall–Kier alpha value is -1.10. The van der Waals surface area contributed by atoms with E-state index in [9.17, 15) is 0 Å². The van der Waals surface area contributed by atoms with Gasteiger partial charge in [0.1, 0.15) is 5.75 Å². The SMILES string of the molecule is COCC(C)N(C)CCCOc1cccc(CN)c1. The summed E-state index contributed by atoms with van der Waals surface area (Å²) >= 11 is 0. The van der Waals surface area contributed by atoms with Crippen molar-refractivity contribution in [2.24, 2.45) is 5.73 Å². The van der Waals surface area contributed by atoms with Gasteiger partial charge in [-0.15, -0.1) is 0 Å². The Labute approximate surface area is 116 Å². The number of benzene rings is 1. The maximum atomic E-state index is 5.73. The van der Waals surface area contributed by atoms with Crippen LogP contribution in [0.5, 0.6) is 5.75 Å². The quantitative estimate of drug-likeness (QED) is 0.693. The van der Waals surface area contributed by atoms with Crippen LogP contribution in [-0.2, 0) is 11.3 Å². The van der Waals surface area contributed by atoms with Gasteiger partial charge in [-0.1, -0.05) is 12.1 Å². The third-order valence-corrected chi connectivity index (χ3v) is 3.22. The molecule has 1 aromatic carbocycles. The molecule has 1 unspecified atom stereocenters. The lowest BCUT2D eigenvalue weighted by atomic mass is 10.2. The lowest BCUT2D eigenvalue weighted by Crippen LogP contribution is -2.34. The molecule has 0 aliphatic heterocycles. The Kier molecular flexibility index (Phi) is 7.48. The van der Waals surface area contributed by atoms with E-state index >= 15 is 0 Å². The molecule has 0 saturated carbocycles. The molecule has 0 amide bonds. The van der Waals surface area contributed by atoms with E-state index in [-0.39, 0.29) is 0 Å². The number of nitrogens with two attached hydrogens (primary N) is 1. The predicted octanol–water partition coefficient (Wildman–Crippen LogP) is 1.88. The third kappa shape index (κ3) is 6.05. The molecule has 0 radical (unpaired) electrons. The van der Waals surface area contributed by atoms with Crippen molar-refractivity contribution >= 4 is 0 Å². The molecule has 4 heteroatoms. The normalized spacial score (nSPS) is 12.7. The molecular weight excluding hydrogens is 240 g/mol. The summed E-state index contributed by atoms with van der Waals surface area (Å²) in [5, 5.41) is 0. The average Bonchev–Trinajstić information content (AvgIpc) is 2.43. The van der Waals surface area contributed by atoms with Crippen LogP contribution in [0.1, 0.15) is 18.9 Å². The molecule has 0 aliphatic rings. The van der Waals surface area contributed by atoms with Crippen molar-refractivity contribution in [3.05, 3.63) is 29.8 Å². The van der Waals surface area contributed by atoms with Crippen LogP contribution >= 0.6 is 0 Å². The Morgan fingerprint density at radius 2 is 2.16 bits per heavy atom. The van der Waals surface area contributed by atoms with Crippen molar-refractivity contribution in [1.82, 2.24) is 4.90 Å². The fraction of sp³-hybridized carbons (Fsp3) is 0.600. The number of nitrogens with zero attached hydrogens (tertiary/aromatic N) is 1. The molecule has 0 spiro atoms. The topological polar surface area (TPSA) is 47.7 Å². The second-order valence-corrected chi connectivity index (χ2v) is 4.84. The summed E-state index contributed by atoms with van der Waals surface area (Å²) < 4.78 is 10.9. The molecular formula is C15H26N2O2. The van der Waals surface area contributed by atoms with Gasteiger partial charge in [0, 0.05) is 26.2 Å². The van der Waals surface area contributed by atoms with Crippen molar-refractivity contribution in [2.75, 3.05) is 33.9 Å². The van der Waals surface area contributed by atoms with Crippen LogP contribution in [-0.4, -0.2) is 44.9 Å². The second-order valence-electron chi connectivity index (χ2n) is 4.84. The molecule has 0 saturated heterocycles. The highest BCUT2D eigenvalue weighted by Gasteiger charge is 2.07. The first-order valence-corrected chi connectivity index (χ1v) is 6.78. The highest BCUT2D eigenvalue weighted by Crippen LogP contribution is 2.13. The molecule has 1 aromatic rings. The van der Waals surface area contributed by atoms with Gasteiger partial charge in [-0.2, -0.15) is 0 Å². The van der Waals surface area contributed by atoms with Crippen molar-refractivity contribution in [1.29, 1.82) is 0 Å². The van der Waals surface area contributed by atoms with Crippen LogP contribution in [0.4, 0.5) is 0 Å². The molecule has 2 N–H and O–H groups in total. The third-order valence-electron chi connectivity index (χ3n) is 3.22. The summed E-state index contributed by atoms with van der Waals surface area (Å²) in [4.78, 5) is 2.28. The molecule has 4 nitrogen and oxygen atoms in total. The summed E-state index contributed by atoms with van der Waals surface area (Å²) in [6, 6.07) is 8.39. The average molecular weight is 266 g/mol. The maximum Gasteiger partial charge on any atom is 0.119 e. The molecule has 108 valence electrons. The summed E-state index contributed by atoms with van der Waals surface area (Å²) in [5.74, 6) is 0.899. The molecule has 0 bridgehead atoms. The van der Waals surface area contributed by atoms with Crippen LogP contribution in [0.15, 0.2) is 24.3 Å². The number of likely N-dealkylation sites (N-methyl/N-ethyl adjacent to an activating group) is 1. The Balaban J connectivity index is 2.23. The van der Waals surface area contributed by atoms with Crippen molar-refractivity contribution in [2.45, 2.75) is 25.9 Å². The number of methoxy groups -OCH3 is 1. The zero-order valence-corrected chi connectivity index (χ0v) is 12.3. The summed E-state index contributed by atoms with van der Waals surface area (Å²) in [7, 11) is 3.84. The van der Waals surface area contributed by atoms with Gasteiger partial charge >= 0.3 is 0 Å². The highest BCUT2D eigenvalue weighted by atomic mass is 16.5. The van der Waals surface area contributed by atoms with Crippen molar-refractivity contribution < 1.29 is 9.47 Å². The predicted molar refractivity (Wildman–Crippen MR) is 78.4 cm³/mol. The van der Waals surface area contributed by atoms with E-state index in [4.69, 9.17) is 15.2 Å². The van der Waals surface area contributed by atoms with Gasteiger partial charge in [0.2, 0.25) is 0 Å². The molecule has 0 heterocycles. The minimum atomic E-state index is 0.436. The second kappa shape index (κ2) is 8.91. The van der Waals surface area contributed by atoms with E-state index in [2.05, 4.69) is 18.9 Å². The van der Waals surface area contributed by atoms with E-state index < -0.39 is 0 Å². The van der Waals surface area contributed by atoms with Crippen molar-refractivity contribution in [3.8, 4) is 5.75 Å². The van der Waals surface area contributed by atoms with Crippen molar-refractivity contribution in [3.63, 3.8) is 0 Å². The first-order valence-electron chi connectivity index (χ1n) is 6.78. The fourth-order valence-electron chi connectivity index (χ4n) is 1.86. The van der Waals surface area contributed by atoms with Gasteiger partial charge in [0.05, 0.1) is 13.2 Å². The van der Waals surface area contributed by atoms with Crippen LogP contribution in [0.25, 0.3) is 0 Å². The zero-order chi connectivity index (χ0) is 14.1. The van der Waals surface area contributed by atoms with Gasteiger partial charge < -0.3 is 20.1 Å². The van der Waals surface area contributed by atoms with E-state index in [1.165, 1.54) is 0 Å². The van der Waals surface area contributed by atoms with Gasteiger partial charge in [0.15, 0.2) is 0 Å². The number of hydrogen-bond acceptors (Lipinski definition) is 4. The Bertz CT molecular complexity index is 358. The first kappa shape index (κ1) is 16.0. The van der Waals surface area contributed by atoms with E-state index in [0.717, 1.165) is 37.5 Å². The number of rotatable bonds is 9. The van der Waals surface area contributed by atoms with Crippen LogP contribution in [0, 0.1) is 0 Å². The molecule has 0 fully saturated rings. The van der Waals surface area contributed by atoms with E-state index in [1.807, 2.05) is 24.3 Å². The number of ether oxygens (including phenoxy) is 2. The van der Waals surface area contributed by atoms with E-state index in [1.54, 1.807) is 7.11 Å². The molecule has 1 atom stereocenters. The highest BCUT2D eigenvalue weighted by molar-refractivity contribution is 5.28. The smallest absolute Gasteiger partial charge is 0.119 e. The minimum absolute atomic E-state index is 0.436. The van der Waals surface area contributed by atoms with Gasteiger partial charge in [0.25, 0.3) is 0 Å². The molecule has 19 heavy (non-hydrogen) atoms. The Morgan fingerprint density at radius 1 is 1.37 bits per heavy atom. The molecule has 0 aromatic heterocycles. The first-order chi connectivity index (χ1) is 9.17. The van der Waals surface area contributed by atoms with E-state index in [0.29, 0.717) is 12.6 Å². The standard InChI is InChI=1S/C15H26N2O2/c1-13(12-18-3)17(2)8-5-9-19-15-7-4-6-14(10-15)11-16/h4,6-7,10,13H,5,8-9,11-12,16H2,1-3H3. The largest absolute Gasteiger partial charge is 0.494 e. The monoisotopic (exact) mass is 266 g/mol. The van der Waals surface area contributed by atoms with Crippen LogP contribution < -0.4 is 10.5 Å². The summed E-state index contributed by atoms with van der Waals surface area (Å²) in [6.45, 7) is 5.19. The van der Waals surface area contributed by atoms with Gasteiger partial charge in [-0.05, 0) is 38.1 Å². The summed E-state index contributed by atoms with van der Waals surface area (Å²) in [5.41, 5.74) is 6.70. The molecule has 1 rings (SSSR count). The Morgan fingerprint density at radius 3 is 2.84 bits per heavy atom. The minimum Gasteiger partial charge on any atom is -0.494 e. The van der Waals surface area contributed by atoms with Crippen LogP contribution in [0.2, 0.25) is 0 Å². The zero-order valence-electron chi connectivity index (χ0n) is 12.3.